The molecular weight excluding hydrogens is 212 g/mol. The van der Waals surface area contributed by atoms with Crippen LogP contribution in [0.1, 0.15) is 46.0 Å². The number of hydrogen-bond donors (Lipinski definition) is 1. The van der Waals surface area contributed by atoms with Crippen molar-refractivity contribution in [2.75, 3.05) is 11.5 Å². The molecule has 3 nitrogen and oxygen atoms in total. The monoisotopic (exact) mass is 234 g/mol. The zero-order valence-corrected chi connectivity index (χ0v) is 10.5. The highest BCUT2D eigenvalue weighted by Crippen LogP contribution is 2.05. The van der Waals surface area contributed by atoms with Gasteiger partial charge in [0.2, 0.25) is 0 Å². The Balaban J connectivity index is 3.45. The Hall–Kier alpha value is -0.380. The van der Waals surface area contributed by atoms with E-state index in [1.54, 1.807) is 6.92 Å². The van der Waals surface area contributed by atoms with Gasteiger partial charge in [0.05, 0.1) is 5.92 Å². The number of aliphatic carboxylic acids is 1. The zero-order valence-electron chi connectivity index (χ0n) is 9.70. The fraction of sp³-hybridized carbons (Fsp3) is 0.909. The summed E-state index contributed by atoms with van der Waals surface area (Å²) < 4.78 is 11.4. The quantitative estimate of drug-likeness (QED) is 0.623. The van der Waals surface area contributed by atoms with E-state index in [0.717, 1.165) is 12.8 Å². The molecule has 0 spiro atoms. The molecule has 0 aromatic carbocycles. The molecule has 0 saturated heterocycles. The first-order valence-electron chi connectivity index (χ1n) is 5.65. The Labute approximate surface area is 94.7 Å². The summed E-state index contributed by atoms with van der Waals surface area (Å²) in [6.45, 7) is 3.77. The predicted octanol–water partition coefficient (Wildman–Crippen LogP) is 2.43. The highest BCUT2D eigenvalue weighted by Gasteiger charge is 2.14. The van der Waals surface area contributed by atoms with Crippen LogP contribution in [-0.2, 0) is 15.6 Å². The molecule has 0 aliphatic carbocycles. The highest BCUT2D eigenvalue weighted by molar-refractivity contribution is 7.85. The van der Waals surface area contributed by atoms with E-state index in [0.29, 0.717) is 11.5 Å². The van der Waals surface area contributed by atoms with Gasteiger partial charge in [-0.2, -0.15) is 0 Å². The van der Waals surface area contributed by atoms with Crippen molar-refractivity contribution < 1.29 is 14.1 Å². The minimum absolute atomic E-state index is 0.295. The average molecular weight is 234 g/mol. The molecule has 0 bridgehead atoms. The molecule has 0 aliphatic rings. The fourth-order valence-corrected chi connectivity index (χ4v) is 2.69. The lowest BCUT2D eigenvalue weighted by Crippen LogP contribution is -2.18. The second-order valence-corrected chi connectivity index (χ2v) is 5.59. The van der Waals surface area contributed by atoms with Crippen molar-refractivity contribution in [3.63, 3.8) is 0 Å². The van der Waals surface area contributed by atoms with E-state index in [-0.39, 0.29) is 0 Å². The van der Waals surface area contributed by atoms with Gasteiger partial charge in [-0.3, -0.25) is 9.00 Å². The van der Waals surface area contributed by atoms with Crippen LogP contribution in [0.15, 0.2) is 0 Å². The lowest BCUT2D eigenvalue weighted by molar-refractivity contribution is -0.140. The lowest BCUT2D eigenvalue weighted by Gasteiger charge is -2.05. The van der Waals surface area contributed by atoms with Crippen molar-refractivity contribution in [2.24, 2.45) is 5.92 Å². The van der Waals surface area contributed by atoms with Gasteiger partial charge in [0.15, 0.2) is 0 Å². The summed E-state index contributed by atoms with van der Waals surface area (Å²) in [5.41, 5.74) is 0. The smallest absolute Gasteiger partial charge is 0.307 e. The number of unbranched alkanes of at least 4 members (excludes halogenated alkanes) is 4. The largest absolute Gasteiger partial charge is 0.481 e. The normalized spacial score (nSPS) is 14.8. The van der Waals surface area contributed by atoms with E-state index in [1.165, 1.54) is 19.3 Å². The molecule has 0 amide bonds. The summed E-state index contributed by atoms with van der Waals surface area (Å²) in [5.74, 6) is -0.388. The number of carboxylic acid groups (broad SMARTS) is 1. The topological polar surface area (TPSA) is 54.4 Å². The molecule has 0 rings (SSSR count). The first-order chi connectivity index (χ1) is 7.07. The van der Waals surface area contributed by atoms with Gasteiger partial charge in [0.1, 0.15) is 0 Å². The molecule has 0 aromatic heterocycles. The third-order valence-electron chi connectivity index (χ3n) is 2.33. The molecule has 0 aliphatic heterocycles. The van der Waals surface area contributed by atoms with Crippen molar-refractivity contribution in [3.8, 4) is 0 Å². The molecule has 0 saturated carbocycles. The second kappa shape index (κ2) is 8.89. The third-order valence-corrected chi connectivity index (χ3v) is 3.95. The second-order valence-electron chi connectivity index (χ2n) is 3.96. The SMILES string of the molecule is CCCCCCCS(=O)CC(C)C(=O)O. The van der Waals surface area contributed by atoms with Crippen LogP contribution in [0, 0.1) is 5.92 Å². The molecule has 4 heteroatoms. The van der Waals surface area contributed by atoms with E-state index >= 15 is 0 Å². The lowest BCUT2D eigenvalue weighted by atomic mass is 10.2. The Kier molecular flexibility index (Phi) is 8.67. The molecule has 90 valence electrons. The number of hydrogen-bond acceptors (Lipinski definition) is 2. The Morgan fingerprint density at radius 1 is 1.27 bits per heavy atom. The number of carboxylic acids is 1. The van der Waals surface area contributed by atoms with Gasteiger partial charge in [0.25, 0.3) is 0 Å². The molecule has 2 unspecified atom stereocenters. The average Bonchev–Trinajstić information content (AvgIpc) is 2.17. The van der Waals surface area contributed by atoms with Gasteiger partial charge in [0, 0.05) is 22.3 Å². The van der Waals surface area contributed by atoms with Crippen LogP contribution in [0.4, 0.5) is 0 Å². The number of carbonyl (C=O) groups is 1. The molecular formula is C11H22O3S. The van der Waals surface area contributed by atoms with Gasteiger partial charge in [-0.15, -0.1) is 0 Å². The maximum absolute atomic E-state index is 11.4. The summed E-state index contributed by atoms with van der Waals surface area (Å²) in [4.78, 5) is 10.5. The summed E-state index contributed by atoms with van der Waals surface area (Å²) in [7, 11) is -0.957. The van der Waals surface area contributed by atoms with Crippen LogP contribution in [0.25, 0.3) is 0 Å². The maximum atomic E-state index is 11.4. The molecule has 0 aromatic rings. The molecule has 15 heavy (non-hydrogen) atoms. The van der Waals surface area contributed by atoms with Gasteiger partial charge in [-0.1, -0.05) is 39.5 Å². The highest BCUT2D eigenvalue weighted by atomic mass is 32.2. The summed E-state index contributed by atoms with van der Waals surface area (Å²) >= 11 is 0. The minimum atomic E-state index is -0.957. The zero-order chi connectivity index (χ0) is 11.7. The van der Waals surface area contributed by atoms with Gasteiger partial charge >= 0.3 is 5.97 Å². The van der Waals surface area contributed by atoms with Crippen LogP contribution in [0.2, 0.25) is 0 Å². The third kappa shape index (κ3) is 8.60. The van der Waals surface area contributed by atoms with Gasteiger partial charge < -0.3 is 5.11 Å². The molecule has 0 radical (unpaired) electrons. The molecule has 1 N–H and O–H groups in total. The van der Waals surface area contributed by atoms with E-state index < -0.39 is 22.7 Å². The minimum Gasteiger partial charge on any atom is -0.481 e. The maximum Gasteiger partial charge on any atom is 0.307 e. The fourth-order valence-electron chi connectivity index (χ4n) is 1.30. The van der Waals surface area contributed by atoms with Crippen molar-refractivity contribution in [1.29, 1.82) is 0 Å². The van der Waals surface area contributed by atoms with E-state index in [4.69, 9.17) is 5.11 Å². The van der Waals surface area contributed by atoms with E-state index in [1.807, 2.05) is 0 Å². The predicted molar refractivity (Wildman–Crippen MR) is 63.4 cm³/mol. The summed E-state index contributed by atoms with van der Waals surface area (Å²) in [6.07, 6.45) is 5.71. The van der Waals surface area contributed by atoms with Crippen molar-refractivity contribution in [2.45, 2.75) is 46.0 Å². The van der Waals surface area contributed by atoms with Crippen LogP contribution in [-0.4, -0.2) is 26.8 Å². The summed E-state index contributed by atoms with van der Waals surface area (Å²) in [5, 5.41) is 8.64. The first kappa shape index (κ1) is 14.6. The van der Waals surface area contributed by atoms with Crippen molar-refractivity contribution in [1.82, 2.24) is 0 Å². The Morgan fingerprint density at radius 3 is 2.40 bits per heavy atom. The summed E-state index contributed by atoms with van der Waals surface area (Å²) in [6, 6.07) is 0. The number of rotatable bonds is 9. The van der Waals surface area contributed by atoms with Crippen molar-refractivity contribution >= 4 is 16.8 Å². The van der Waals surface area contributed by atoms with Crippen LogP contribution in [0.3, 0.4) is 0 Å². The van der Waals surface area contributed by atoms with Crippen LogP contribution < -0.4 is 0 Å². The molecule has 0 heterocycles. The standard InChI is InChI=1S/C11H22O3S/c1-3-4-5-6-7-8-15(14)9-10(2)11(12)13/h10H,3-9H2,1-2H3,(H,12,13). The van der Waals surface area contributed by atoms with E-state index in [2.05, 4.69) is 6.92 Å². The van der Waals surface area contributed by atoms with Crippen LogP contribution in [0.5, 0.6) is 0 Å². The molecule has 0 fully saturated rings. The Morgan fingerprint density at radius 2 is 1.87 bits per heavy atom. The van der Waals surface area contributed by atoms with Crippen molar-refractivity contribution in [3.05, 3.63) is 0 Å². The van der Waals surface area contributed by atoms with Gasteiger partial charge in [-0.25, -0.2) is 0 Å². The van der Waals surface area contributed by atoms with Crippen LogP contribution >= 0.6 is 0 Å². The Bertz CT molecular complexity index is 204. The van der Waals surface area contributed by atoms with Gasteiger partial charge in [-0.05, 0) is 6.42 Å². The molecule has 2 atom stereocenters. The van der Waals surface area contributed by atoms with E-state index in [9.17, 15) is 9.00 Å². The first-order valence-corrected chi connectivity index (χ1v) is 7.14.